The highest BCUT2D eigenvalue weighted by atomic mass is 79.9. The summed E-state index contributed by atoms with van der Waals surface area (Å²) in [6.45, 7) is 3.96. The number of benzene rings is 3. The van der Waals surface area contributed by atoms with Crippen molar-refractivity contribution >= 4 is 39.2 Å². The third kappa shape index (κ3) is 4.46. The van der Waals surface area contributed by atoms with Crippen LogP contribution in [0.3, 0.4) is 0 Å². The summed E-state index contributed by atoms with van der Waals surface area (Å²) in [4.78, 5) is 27.1. The second kappa shape index (κ2) is 9.01. The van der Waals surface area contributed by atoms with Crippen molar-refractivity contribution in [2.24, 2.45) is 0 Å². The molecule has 0 radical (unpaired) electrons. The average Bonchev–Trinajstić information content (AvgIpc) is 3.02. The molecule has 1 atom stereocenters. The minimum Gasteiger partial charge on any atom is -0.550 e. The average molecular weight is 490 g/mol. The van der Waals surface area contributed by atoms with Gasteiger partial charge in [-0.25, -0.2) is 0 Å². The fourth-order valence-corrected chi connectivity index (χ4v) is 4.15. The molecule has 1 amide bonds. The molecule has 3 aromatic rings. The zero-order valence-electron chi connectivity index (χ0n) is 17.8. The molecule has 3 aromatic carbocycles. The Labute approximate surface area is 195 Å². The van der Waals surface area contributed by atoms with Crippen molar-refractivity contribution in [3.63, 3.8) is 0 Å². The van der Waals surface area contributed by atoms with Gasteiger partial charge in [-0.2, -0.15) is 0 Å². The predicted molar refractivity (Wildman–Crippen MR) is 127 cm³/mol. The number of rotatable bonds is 6. The number of carbonyl (C=O) groups excluding carboxylic acids is 2. The van der Waals surface area contributed by atoms with Crippen molar-refractivity contribution in [1.82, 2.24) is 0 Å². The molecule has 162 valence electrons. The number of amides is 1. The SMILES string of the molecule is Cc1ccc(NC2=C(CC(=O)[O-])C(c3ccc(Br)cc3)N(c3ccc(C)cc3)C2=O)cc1. The quantitative estimate of drug-likeness (QED) is 0.546. The summed E-state index contributed by atoms with van der Waals surface area (Å²) >= 11 is 3.44. The summed E-state index contributed by atoms with van der Waals surface area (Å²) in [5.41, 5.74) is 5.14. The molecule has 0 spiro atoms. The summed E-state index contributed by atoms with van der Waals surface area (Å²) in [6, 6.07) is 22.2. The van der Waals surface area contributed by atoms with Crippen LogP contribution in [0.4, 0.5) is 11.4 Å². The molecule has 4 rings (SSSR count). The molecule has 6 heteroatoms. The van der Waals surface area contributed by atoms with E-state index >= 15 is 0 Å². The topological polar surface area (TPSA) is 72.5 Å². The van der Waals surface area contributed by atoms with Gasteiger partial charge in [0.15, 0.2) is 0 Å². The largest absolute Gasteiger partial charge is 0.550 e. The maximum absolute atomic E-state index is 13.7. The maximum Gasteiger partial charge on any atom is 0.275 e. The summed E-state index contributed by atoms with van der Waals surface area (Å²) < 4.78 is 0.899. The summed E-state index contributed by atoms with van der Waals surface area (Å²) in [6.07, 6.45) is -0.358. The molecule has 1 unspecified atom stereocenters. The van der Waals surface area contributed by atoms with Gasteiger partial charge in [0.25, 0.3) is 5.91 Å². The summed E-state index contributed by atoms with van der Waals surface area (Å²) in [7, 11) is 0. The monoisotopic (exact) mass is 489 g/mol. The summed E-state index contributed by atoms with van der Waals surface area (Å²) in [5.74, 6) is -1.51. The number of hydrogen-bond acceptors (Lipinski definition) is 4. The first-order valence-electron chi connectivity index (χ1n) is 10.3. The Kier molecular flexibility index (Phi) is 6.15. The minimum atomic E-state index is -1.23. The molecule has 1 aliphatic rings. The lowest BCUT2D eigenvalue weighted by Crippen LogP contribution is -2.31. The second-order valence-corrected chi connectivity index (χ2v) is 8.82. The number of nitrogens with zero attached hydrogens (tertiary/aromatic N) is 1. The van der Waals surface area contributed by atoms with Crippen LogP contribution in [0.15, 0.2) is 88.5 Å². The molecule has 1 heterocycles. The van der Waals surface area contributed by atoms with Crippen molar-refractivity contribution < 1.29 is 14.7 Å². The van der Waals surface area contributed by atoms with Gasteiger partial charge < -0.3 is 15.2 Å². The molecule has 0 aromatic heterocycles. The molecule has 0 aliphatic carbocycles. The molecule has 1 N–H and O–H groups in total. The van der Waals surface area contributed by atoms with E-state index in [9.17, 15) is 14.7 Å². The Bertz CT molecular complexity index is 1180. The number of carbonyl (C=O) groups is 2. The van der Waals surface area contributed by atoms with Gasteiger partial charge in [0.2, 0.25) is 0 Å². The van der Waals surface area contributed by atoms with Gasteiger partial charge in [0, 0.05) is 28.2 Å². The van der Waals surface area contributed by atoms with Crippen LogP contribution >= 0.6 is 15.9 Å². The molecule has 0 saturated heterocycles. The predicted octanol–water partition coefficient (Wildman–Crippen LogP) is 4.66. The van der Waals surface area contributed by atoms with E-state index in [0.717, 1.165) is 26.9 Å². The highest BCUT2D eigenvalue weighted by molar-refractivity contribution is 9.10. The second-order valence-electron chi connectivity index (χ2n) is 7.90. The highest BCUT2D eigenvalue weighted by Gasteiger charge is 2.41. The van der Waals surface area contributed by atoms with E-state index in [0.29, 0.717) is 11.3 Å². The van der Waals surface area contributed by atoms with Crippen LogP contribution in [-0.2, 0) is 9.59 Å². The van der Waals surface area contributed by atoms with Crippen LogP contribution in [-0.4, -0.2) is 11.9 Å². The van der Waals surface area contributed by atoms with Gasteiger partial charge in [-0.3, -0.25) is 9.69 Å². The molecule has 0 saturated carbocycles. The van der Waals surface area contributed by atoms with Crippen molar-refractivity contribution in [3.8, 4) is 0 Å². The third-order valence-electron chi connectivity index (χ3n) is 5.50. The number of aryl methyl sites for hydroxylation is 2. The first-order valence-corrected chi connectivity index (χ1v) is 11.0. The van der Waals surface area contributed by atoms with Crippen LogP contribution < -0.4 is 15.3 Å². The van der Waals surface area contributed by atoms with Crippen molar-refractivity contribution in [1.29, 1.82) is 0 Å². The smallest absolute Gasteiger partial charge is 0.275 e. The van der Waals surface area contributed by atoms with Crippen LogP contribution in [0.2, 0.25) is 0 Å². The molecule has 5 nitrogen and oxygen atoms in total. The molecular weight excluding hydrogens is 468 g/mol. The lowest BCUT2D eigenvalue weighted by atomic mass is 9.96. The number of anilines is 2. The van der Waals surface area contributed by atoms with Gasteiger partial charge in [-0.15, -0.1) is 0 Å². The number of nitrogens with one attached hydrogen (secondary N) is 1. The van der Waals surface area contributed by atoms with Gasteiger partial charge in [0.1, 0.15) is 5.70 Å². The fraction of sp³-hybridized carbons (Fsp3) is 0.154. The molecule has 0 bridgehead atoms. The van der Waals surface area contributed by atoms with Crippen molar-refractivity contribution in [2.45, 2.75) is 26.3 Å². The molecule has 1 aliphatic heterocycles. The van der Waals surface area contributed by atoms with Crippen molar-refractivity contribution in [3.05, 3.63) is 105 Å². The molecular formula is C26H22BrN2O3-. The van der Waals surface area contributed by atoms with E-state index in [2.05, 4.69) is 21.2 Å². The number of carboxylic acids is 1. The van der Waals surface area contributed by atoms with E-state index in [4.69, 9.17) is 0 Å². The summed E-state index contributed by atoms with van der Waals surface area (Å²) in [5, 5.41) is 14.9. The van der Waals surface area contributed by atoms with E-state index in [1.165, 1.54) is 0 Å². The normalized spacial score (nSPS) is 15.9. The first kappa shape index (κ1) is 21.8. The zero-order valence-corrected chi connectivity index (χ0v) is 19.3. The van der Waals surface area contributed by atoms with E-state index in [-0.39, 0.29) is 18.0 Å². The fourth-order valence-electron chi connectivity index (χ4n) is 3.89. The van der Waals surface area contributed by atoms with Crippen LogP contribution in [0.25, 0.3) is 0 Å². The number of halogens is 1. The van der Waals surface area contributed by atoms with Crippen LogP contribution in [0.5, 0.6) is 0 Å². The number of carboxylic acid groups (broad SMARTS) is 1. The lowest BCUT2D eigenvalue weighted by Gasteiger charge is -2.28. The Balaban J connectivity index is 1.86. The van der Waals surface area contributed by atoms with Crippen LogP contribution in [0.1, 0.15) is 29.2 Å². The minimum absolute atomic E-state index is 0.270. The molecule has 32 heavy (non-hydrogen) atoms. The first-order chi connectivity index (χ1) is 15.3. The molecule has 0 fully saturated rings. The van der Waals surface area contributed by atoms with E-state index < -0.39 is 12.0 Å². The lowest BCUT2D eigenvalue weighted by molar-refractivity contribution is -0.304. The third-order valence-corrected chi connectivity index (χ3v) is 6.02. The van der Waals surface area contributed by atoms with E-state index in [1.807, 2.05) is 86.6 Å². The Hall–Kier alpha value is -3.38. The Morgan fingerprint density at radius 1 is 0.938 bits per heavy atom. The van der Waals surface area contributed by atoms with Gasteiger partial charge >= 0.3 is 0 Å². The Morgan fingerprint density at radius 3 is 2.06 bits per heavy atom. The van der Waals surface area contributed by atoms with Gasteiger partial charge in [-0.1, -0.05) is 63.5 Å². The van der Waals surface area contributed by atoms with Gasteiger partial charge in [0.05, 0.1) is 6.04 Å². The van der Waals surface area contributed by atoms with E-state index in [1.54, 1.807) is 4.90 Å². The zero-order chi connectivity index (χ0) is 22.8. The van der Waals surface area contributed by atoms with Gasteiger partial charge in [-0.05, 0) is 61.4 Å². The maximum atomic E-state index is 13.7. The highest BCUT2D eigenvalue weighted by Crippen LogP contribution is 2.43. The van der Waals surface area contributed by atoms with Crippen LogP contribution in [0, 0.1) is 13.8 Å². The van der Waals surface area contributed by atoms with Crippen molar-refractivity contribution in [2.75, 3.05) is 10.2 Å². The Morgan fingerprint density at radius 2 is 1.50 bits per heavy atom. The standard InChI is InChI=1S/C26H23BrN2O3/c1-16-3-11-20(12-4-16)28-24-22(15-23(30)31)25(18-7-9-19(27)10-8-18)29(26(24)32)21-13-5-17(2)6-14-21/h3-14,25,28H,15H2,1-2H3,(H,30,31)/p-1. The number of aliphatic carboxylic acids is 1. The number of hydrogen-bond donors (Lipinski definition) is 1.